The van der Waals surface area contributed by atoms with Gasteiger partial charge < -0.3 is 24.5 Å². The van der Waals surface area contributed by atoms with Crippen LogP contribution in [0.4, 0.5) is 23.2 Å². The van der Waals surface area contributed by atoms with Crippen LogP contribution in [0.5, 0.6) is 5.75 Å². The zero-order valence-electron chi connectivity index (χ0n) is 20.4. The molecule has 39 heavy (non-hydrogen) atoms. The van der Waals surface area contributed by atoms with E-state index >= 15 is 0 Å². The fourth-order valence-corrected chi connectivity index (χ4v) is 4.20. The van der Waals surface area contributed by atoms with Crippen molar-refractivity contribution in [3.63, 3.8) is 0 Å². The summed E-state index contributed by atoms with van der Waals surface area (Å²) >= 11 is 12.3. The largest absolute Gasteiger partial charge is 0.620 e. The predicted molar refractivity (Wildman–Crippen MR) is 134 cm³/mol. The number of carbonyl (C=O) groups is 2. The first kappa shape index (κ1) is 31.1. The maximum atomic E-state index is 14.2. The van der Waals surface area contributed by atoms with Crippen molar-refractivity contribution in [2.24, 2.45) is 0 Å². The molecule has 0 spiro atoms. The molecule has 0 aromatic heterocycles. The fourth-order valence-electron chi connectivity index (χ4n) is 3.73. The van der Waals surface area contributed by atoms with Crippen molar-refractivity contribution in [1.82, 2.24) is 4.90 Å². The van der Waals surface area contributed by atoms with Gasteiger partial charge in [0.2, 0.25) is 0 Å². The van der Waals surface area contributed by atoms with Gasteiger partial charge in [-0.3, -0.25) is 4.79 Å². The van der Waals surface area contributed by atoms with Gasteiger partial charge in [0, 0.05) is 63.6 Å². The average Bonchev–Trinajstić information content (AvgIpc) is 2.82. The average molecular weight is 683 g/mol. The number of amides is 2. The molecule has 0 unspecified atom stereocenters. The van der Waals surface area contributed by atoms with Gasteiger partial charge in [-0.1, -0.05) is 47.1 Å². The molecule has 1 aliphatic heterocycles. The van der Waals surface area contributed by atoms with E-state index in [0.717, 1.165) is 6.07 Å². The van der Waals surface area contributed by atoms with Gasteiger partial charge in [-0.15, -0.1) is 0 Å². The molecule has 1 saturated heterocycles. The molecule has 1 aliphatic rings. The fraction of sp³-hybridized carbons (Fsp3) is 0.231. The third kappa shape index (κ3) is 7.41. The van der Waals surface area contributed by atoms with E-state index in [1.807, 2.05) is 0 Å². The van der Waals surface area contributed by atoms with Crippen LogP contribution in [-0.2, 0) is 32.0 Å². The standard InChI is InChI=1S/C26H20Cl2F4N2O4.Cd/c1-37-16-11-34(12-16)25(36)15-5-7-18(27)17(9-15)14-6-8-21(22(10-14)38-13-26(30,31)32)33-24(35)23-19(28)3-2-4-20(23)29;/h2-10,16H,11-13H2,1H3,(H,33,35);/p-1. The molecule has 0 radical (unpaired) electrons. The molecule has 0 bridgehead atoms. The van der Waals surface area contributed by atoms with Gasteiger partial charge >= 0.3 is 6.18 Å². The van der Waals surface area contributed by atoms with E-state index in [1.54, 1.807) is 12.0 Å². The molecular weight excluding hydrogens is 664 g/mol. The SMILES string of the molecule is COC1CN(C(=O)c2ccc(Cl)c(-c3ccc([N-]C(=O)c4c(F)cccc4Cl)c(OCC(F)(F)F)c3)c2)C1.[Cd]. The van der Waals surface area contributed by atoms with Crippen LogP contribution >= 0.6 is 23.2 Å². The van der Waals surface area contributed by atoms with Crippen molar-refractivity contribution in [3.05, 3.63) is 86.9 Å². The molecule has 3 aromatic rings. The number of nitrogens with zero attached hydrogens (tertiary/aromatic N) is 2. The number of benzene rings is 3. The topological polar surface area (TPSA) is 69.9 Å². The third-order valence-corrected chi connectivity index (χ3v) is 6.39. The van der Waals surface area contributed by atoms with Gasteiger partial charge in [0.1, 0.15) is 11.6 Å². The number of carbonyl (C=O) groups excluding carboxylic acids is 2. The Morgan fingerprint density at radius 3 is 2.41 bits per heavy atom. The van der Waals surface area contributed by atoms with Crippen molar-refractivity contribution in [3.8, 4) is 16.9 Å². The summed E-state index contributed by atoms with van der Waals surface area (Å²) in [4.78, 5) is 27.0. The Kier molecular flexibility index (Phi) is 10.2. The number of halogens is 6. The number of alkyl halides is 3. The van der Waals surface area contributed by atoms with Crippen LogP contribution in [-0.4, -0.2) is 55.8 Å². The third-order valence-electron chi connectivity index (χ3n) is 5.74. The van der Waals surface area contributed by atoms with E-state index in [2.05, 4.69) is 5.32 Å². The van der Waals surface area contributed by atoms with Crippen molar-refractivity contribution < 1.29 is 63.9 Å². The van der Waals surface area contributed by atoms with Crippen LogP contribution < -0.4 is 4.74 Å². The van der Waals surface area contributed by atoms with Crippen molar-refractivity contribution in [2.45, 2.75) is 12.3 Å². The molecule has 3 aromatic carbocycles. The Morgan fingerprint density at radius 1 is 1.05 bits per heavy atom. The second-order valence-corrected chi connectivity index (χ2v) is 9.18. The Morgan fingerprint density at radius 2 is 1.77 bits per heavy atom. The van der Waals surface area contributed by atoms with Gasteiger partial charge in [0.15, 0.2) is 6.61 Å². The van der Waals surface area contributed by atoms with Crippen LogP contribution in [0.1, 0.15) is 20.7 Å². The minimum Gasteiger partial charge on any atom is -0.620 e. The van der Waals surface area contributed by atoms with E-state index in [0.29, 0.717) is 29.8 Å². The van der Waals surface area contributed by atoms with E-state index in [1.165, 1.54) is 48.5 Å². The minimum atomic E-state index is -4.69. The Hall–Kier alpha value is -2.42. The van der Waals surface area contributed by atoms with Crippen molar-refractivity contribution in [2.75, 3.05) is 26.8 Å². The summed E-state index contributed by atoms with van der Waals surface area (Å²) in [6, 6.07) is 12.0. The smallest absolute Gasteiger partial charge is 0.422 e. The van der Waals surface area contributed by atoms with E-state index in [4.69, 9.17) is 32.7 Å². The summed E-state index contributed by atoms with van der Waals surface area (Å²) in [5.74, 6) is -2.71. The van der Waals surface area contributed by atoms with Gasteiger partial charge in [-0.25, -0.2) is 4.39 Å². The molecule has 1 heterocycles. The first-order valence-corrected chi connectivity index (χ1v) is 11.9. The monoisotopic (exact) mass is 683 g/mol. The first-order valence-electron chi connectivity index (χ1n) is 11.1. The summed E-state index contributed by atoms with van der Waals surface area (Å²) in [7, 11) is 1.56. The second kappa shape index (κ2) is 12.8. The number of rotatable bonds is 7. The van der Waals surface area contributed by atoms with Crippen LogP contribution in [0.15, 0.2) is 54.6 Å². The molecule has 202 valence electrons. The predicted octanol–water partition coefficient (Wildman–Crippen LogP) is 7.05. The molecule has 2 amide bonds. The number of ether oxygens (including phenoxy) is 2. The Balaban J connectivity index is 0.00000420. The summed E-state index contributed by atoms with van der Waals surface area (Å²) < 4.78 is 63.1. The molecule has 0 atom stereocenters. The number of likely N-dealkylation sites (tertiary alicyclic amines) is 1. The van der Waals surface area contributed by atoms with Crippen LogP contribution in [0.3, 0.4) is 0 Å². The quantitative estimate of drug-likeness (QED) is 0.198. The van der Waals surface area contributed by atoms with Crippen LogP contribution in [0.25, 0.3) is 16.4 Å². The van der Waals surface area contributed by atoms with E-state index < -0.39 is 35.8 Å². The number of hydrogen-bond donors (Lipinski definition) is 0. The molecular formula is C26H19CdCl2F4N2O4-. The number of hydrogen-bond acceptors (Lipinski definition) is 4. The first-order chi connectivity index (χ1) is 18.0. The summed E-state index contributed by atoms with van der Waals surface area (Å²) in [6.07, 6.45) is -4.73. The summed E-state index contributed by atoms with van der Waals surface area (Å²) in [5.41, 5.74) is 0.145. The number of methoxy groups -OCH3 is 1. The van der Waals surface area contributed by atoms with Crippen LogP contribution in [0, 0.1) is 5.82 Å². The van der Waals surface area contributed by atoms with Crippen molar-refractivity contribution >= 4 is 40.7 Å². The zero-order chi connectivity index (χ0) is 27.6. The normalized spacial score (nSPS) is 13.4. The van der Waals surface area contributed by atoms with Gasteiger partial charge in [0.05, 0.1) is 22.6 Å². The molecule has 1 fully saturated rings. The minimum absolute atomic E-state index is 0. The molecule has 4 rings (SSSR count). The summed E-state index contributed by atoms with van der Waals surface area (Å²) in [6.45, 7) is -0.812. The van der Waals surface area contributed by atoms with Crippen molar-refractivity contribution in [1.29, 1.82) is 0 Å². The molecule has 6 nitrogen and oxygen atoms in total. The maximum absolute atomic E-state index is 14.2. The molecule has 0 saturated carbocycles. The maximum Gasteiger partial charge on any atom is 0.422 e. The second-order valence-electron chi connectivity index (χ2n) is 8.36. The van der Waals surface area contributed by atoms with Crippen LogP contribution in [0.2, 0.25) is 10.0 Å². The Bertz CT molecular complexity index is 1360. The molecule has 13 heteroatoms. The summed E-state index contributed by atoms with van der Waals surface area (Å²) in [5, 5.41) is 3.77. The van der Waals surface area contributed by atoms with E-state index in [9.17, 15) is 27.2 Å². The van der Waals surface area contributed by atoms with Gasteiger partial charge in [-0.05, 0) is 42.0 Å². The Labute approximate surface area is 251 Å². The van der Waals surface area contributed by atoms with Gasteiger partial charge in [0.25, 0.3) is 5.91 Å². The van der Waals surface area contributed by atoms with E-state index in [-0.39, 0.29) is 55.0 Å². The molecule has 0 aliphatic carbocycles. The molecule has 0 N–H and O–H groups in total. The zero-order valence-corrected chi connectivity index (χ0v) is 25.9. The van der Waals surface area contributed by atoms with Gasteiger partial charge in [-0.2, -0.15) is 13.2 Å².